The summed E-state index contributed by atoms with van der Waals surface area (Å²) in [5.74, 6) is -0.329. The minimum absolute atomic E-state index is 0.0496. The van der Waals surface area contributed by atoms with Crippen LogP contribution < -0.4 is 5.56 Å². The zero-order valence-electron chi connectivity index (χ0n) is 15.6. The normalized spacial score (nSPS) is 12.3. The molecular formula is C20H22N2O3S2. The third kappa shape index (κ3) is 4.42. The van der Waals surface area contributed by atoms with Crippen LogP contribution in [0.3, 0.4) is 0 Å². The van der Waals surface area contributed by atoms with Crippen LogP contribution in [-0.4, -0.2) is 27.9 Å². The van der Waals surface area contributed by atoms with Gasteiger partial charge in [-0.2, -0.15) is 0 Å². The predicted octanol–water partition coefficient (Wildman–Crippen LogP) is 3.92. The molecule has 0 saturated heterocycles. The van der Waals surface area contributed by atoms with Crippen LogP contribution >= 0.6 is 23.1 Å². The van der Waals surface area contributed by atoms with Crippen LogP contribution in [0.25, 0.3) is 10.2 Å². The topological polar surface area (TPSA) is 61.2 Å². The van der Waals surface area contributed by atoms with E-state index in [-0.39, 0.29) is 11.5 Å². The molecule has 0 bridgehead atoms. The smallest absolute Gasteiger partial charge is 0.318 e. The lowest BCUT2D eigenvalue weighted by Gasteiger charge is -2.14. The van der Waals surface area contributed by atoms with Gasteiger partial charge in [-0.1, -0.05) is 49.0 Å². The number of rotatable bonds is 7. The molecule has 1 atom stereocenters. The molecule has 0 aliphatic carbocycles. The van der Waals surface area contributed by atoms with Gasteiger partial charge in [0.15, 0.2) is 5.16 Å². The van der Waals surface area contributed by atoms with E-state index >= 15 is 0 Å². The highest BCUT2D eigenvalue weighted by molar-refractivity contribution is 8.00. The lowest BCUT2D eigenvalue weighted by molar-refractivity contribution is -0.139. The van der Waals surface area contributed by atoms with E-state index in [9.17, 15) is 9.59 Å². The minimum Gasteiger partial charge on any atom is -0.468 e. The molecule has 3 aromatic rings. The summed E-state index contributed by atoms with van der Waals surface area (Å²) in [7, 11) is 1.37. The molecule has 1 aromatic carbocycles. The summed E-state index contributed by atoms with van der Waals surface area (Å²) < 4.78 is 6.51. The Labute approximate surface area is 166 Å². The van der Waals surface area contributed by atoms with Crippen LogP contribution in [0.4, 0.5) is 0 Å². The lowest BCUT2D eigenvalue weighted by Crippen LogP contribution is -2.25. The maximum Gasteiger partial charge on any atom is 0.318 e. The summed E-state index contributed by atoms with van der Waals surface area (Å²) in [6.45, 7) is 4.34. The van der Waals surface area contributed by atoms with Crippen molar-refractivity contribution in [2.45, 2.75) is 43.6 Å². The molecule has 0 aliphatic heterocycles. The van der Waals surface area contributed by atoms with Crippen LogP contribution in [0.5, 0.6) is 0 Å². The van der Waals surface area contributed by atoms with E-state index in [1.165, 1.54) is 30.2 Å². The number of hydrogen-bond donors (Lipinski definition) is 0. The first kappa shape index (κ1) is 19.6. The van der Waals surface area contributed by atoms with E-state index in [4.69, 9.17) is 9.72 Å². The molecule has 0 spiro atoms. The van der Waals surface area contributed by atoms with Gasteiger partial charge in [0, 0.05) is 11.4 Å². The van der Waals surface area contributed by atoms with Crippen molar-refractivity contribution >= 4 is 39.3 Å². The Morgan fingerprint density at radius 3 is 2.74 bits per heavy atom. The number of aromatic nitrogens is 2. The van der Waals surface area contributed by atoms with Crippen molar-refractivity contribution < 1.29 is 9.53 Å². The van der Waals surface area contributed by atoms with Crippen molar-refractivity contribution in [1.29, 1.82) is 0 Å². The second kappa shape index (κ2) is 8.71. The Morgan fingerprint density at radius 2 is 2.07 bits per heavy atom. The van der Waals surface area contributed by atoms with Gasteiger partial charge >= 0.3 is 5.97 Å². The van der Waals surface area contributed by atoms with Crippen molar-refractivity contribution in [3.8, 4) is 0 Å². The number of thiophene rings is 1. The molecule has 142 valence electrons. The van der Waals surface area contributed by atoms with E-state index in [1.54, 1.807) is 11.5 Å². The molecular weight excluding hydrogens is 380 g/mol. The Bertz CT molecular complexity index is 996. The molecule has 0 N–H and O–H groups in total. The number of hydrogen-bond acceptors (Lipinski definition) is 6. The van der Waals surface area contributed by atoms with Gasteiger partial charge in [-0.3, -0.25) is 14.2 Å². The number of aryl methyl sites for hydroxylation is 2. The fourth-order valence-corrected chi connectivity index (χ4v) is 4.74. The molecule has 0 saturated carbocycles. The van der Waals surface area contributed by atoms with Crippen LogP contribution in [0.15, 0.2) is 46.3 Å². The van der Waals surface area contributed by atoms with Gasteiger partial charge in [0.1, 0.15) is 10.1 Å². The number of methoxy groups -OCH3 is 1. The van der Waals surface area contributed by atoms with E-state index in [0.717, 1.165) is 28.1 Å². The third-order valence-corrected chi connectivity index (χ3v) is 6.54. The van der Waals surface area contributed by atoms with Gasteiger partial charge in [0.05, 0.1) is 12.5 Å². The van der Waals surface area contributed by atoms with Crippen molar-refractivity contribution in [3.63, 3.8) is 0 Å². The zero-order chi connectivity index (χ0) is 19.4. The largest absolute Gasteiger partial charge is 0.468 e. The van der Waals surface area contributed by atoms with Crippen LogP contribution in [0.2, 0.25) is 0 Å². The lowest BCUT2D eigenvalue weighted by atomic mass is 10.1. The predicted molar refractivity (Wildman–Crippen MR) is 111 cm³/mol. The van der Waals surface area contributed by atoms with Gasteiger partial charge in [-0.25, -0.2) is 4.98 Å². The van der Waals surface area contributed by atoms with Crippen molar-refractivity contribution in [2.75, 3.05) is 7.11 Å². The SMILES string of the molecule is CCc1cc2c(=O)n(CCc3ccccc3)c(S[C@@H](C)C(=O)OC)nc2s1. The van der Waals surface area contributed by atoms with E-state index in [1.807, 2.05) is 36.4 Å². The minimum atomic E-state index is -0.437. The maximum absolute atomic E-state index is 13.1. The standard InChI is InChI=1S/C20H22N2O3S2/c1-4-15-12-16-17(27-15)21-20(26-13(2)19(24)25-3)22(18(16)23)11-10-14-8-6-5-7-9-14/h5-9,12-13H,4,10-11H2,1-3H3/t13-/m0/s1. The molecule has 0 aliphatic rings. The molecule has 2 heterocycles. The number of fused-ring (bicyclic) bond motifs is 1. The van der Waals surface area contributed by atoms with Crippen molar-refractivity contribution in [2.24, 2.45) is 0 Å². The Balaban J connectivity index is 2.01. The summed E-state index contributed by atoms with van der Waals surface area (Å²) in [4.78, 5) is 31.5. The molecule has 2 aromatic heterocycles. The Hall–Kier alpha value is -2.12. The molecule has 0 fully saturated rings. The fraction of sp³-hybridized carbons (Fsp3) is 0.350. The fourth-order valence-electron chi connectivity index (χ4n) is 2.77. The summed E-state index contributed by atoms with van der Waals surface area (Å²) in [5.41, 5.74) is 1.10. The van der Waals surface area contributed by atoms with Crippen molar-refractivity contribution in [1.82, 2.24) is 9.55 Å². The second-order valence-corrected chi connectivity index (χ2v) is 8.58. The van der Waals surface area contributed by atoms with Gasteiger partial charge in [-0.05, 0) is 31.4 Å². The molecule has 0 radical (unpaired) electrons. The first-order valence-corrected chi connectivity index (χ1v) is 10.5. The van der Waals surface area contributed by atoms with Gasteiger partial charge < -0.3 is 4.74 Å². The Kier molecular flexibility index (Phi) is 6.34. The number of carbonyl (C=O) groups excluding carboxylic acids is 1. The molecule has 7 heteroatoms. The molecule has 0 amide bonds. The van der Waals surface area contributed by atoms with E-state index < -0.39 is 5.25 Å². The quantitative estimate of drug-likeness (QED) is 0.341. The summed E-state index contributed by atoms with van der Waals surface area (Å²) in [6.07, 6.45) is 1.59. The average molecular weight is 403 g/mol. The number of esters is 1. The summed E-state index contributed by atoms with van der Waals surface area (Å²) >= 11 is 2.80. The average Bonchev–Trinajstić information content (AvgIpc) is 3.11. The zero-order valence-corrected chi connectivity index (χ0v) is 17.2. The molecule has 5 nitrogen and oxygen atoms in total. The van der Waals surface area contributed by atoms with Crippen LogP contribution in [0.1, 0.15) is 24.3 Å². The Morgan fingerprint density at radius 1 is 1.33 bits per heavy atom. The third-order valence-electron chi connectivity index (χ3n) is 4.30. The first-order chi connectivity index (χ1) is 13.0. The molecule has 0 unspecified atom stereocenters. The summed E-state index contributed by atoms with van der Waals surface area (Å²) in [6, 6.07) is 12.0. The van der Waals surface area contributed by atoms with E-state index in [0.29, 0.717) is 17.1 Å². The van der Waals surface area contributed by atoms with Gasteiger partial charge in [-0.15, -0.1) is 11.3 Å². The van der Waals surface area contributed by atoms with E-state index in [2.05, 4.69) is 6.92 Å². The first-order valence-electron chi connectivity index (χ1n) is 8.85. The second-order valence-electron chi connectivity index (χ2n) is 6.16. The number of thioether (sulfide) groups is 1. The maximum atomic E-state index is 13.1. The van der Waals surface area contributed by atoms with Crippen molar-refractivity contribution in [3.05, 3.63) is 57.2 Å². The molecule has 27 heavy (non-hydrogen) atoms. The number of ether oxygens (including phenoxy) is 1. The number of carbonyl (C=O) groups is 1. The monoisotopic (exact) mass is 402 g/mol. The number of benzene rings is 1. The highest BCUT2D eigenvalue weighted by Gasteiger charge is 2.20. The number of nitrogens with zero attached hydrogens (tertiary/aromatic N) is 2. The summed E-state index contributed by atoms with van der Waals surface area (Å²) in [5, 5.41) is 0.777. The van der Waals surface area contributed by atoms with Gasteiger partial charge in [0.2, 0.25) is 0 Å². The highest BCUT2D eigenvalue weighted by atomic mass is 32.2. The molecule has 3 rings (SSSR count). The van der Waals surface area contributed by atoms with Gasteiger partial charge in [0.25, 0.3) is 5.56 Å². The highest BCUT2D eigenvalue weighted by Crippen LogP contribution is 2.27. The van der Waals surface area contributed by atoms with Crippen LogP contribution in [0, 0.1) is 0 Å². The van der Waals surface area contributed by atoms with Crippen LogP contribution in [-0.2, 0) is 28.9 Å².